The third kappa shape index (κ3) is 2.15. The molecule has 0 amide bonds. The first kappa shape index (κ1) is 8.47. The van der Waals surface area contributed by atoms with E-state index in [-0.39, 0.29) is 0 Å². The Balaban J connectivity index is 2.93. The van der Waals surface area contributed by atoms with Gasteiger partial charge in [0.15, 0.2) is 0 Å². The average Bonchev–Trinajstić information content (AvgIpc) is 1.98. The number of hydrogen-bond donors (Lipinski definition) is 1. The number of hydrogen-bond acceptors (Lipinski definition) is 2. The zero-order chi connectivity index (χ0) is 8.27. The molecule has 0 fully saturated rings. The van der Waals surface area contributed by atoms with E-state index in [0.717, 1.165) is 10.6 Å². The van der Waals surface area contributed by atoms with E-state index < -0.39 is 0 Å². The van der Waals surface area contributed by atoms with Gasteiger partial charge in [-0.2, -0.15) is 0 Å². The van der Waals surface area contributed by atoms with Crippen LogP contribution in [0, 0.1) is 6.92 Å². The van der Waals surface area contributed by atoms with Gasteiger partial charge in [0.1, 0.15) is 5.75 Å². The fraction of sp³-hybridized carbons (Fsp3) is 0.333. The SMILES string of the molecule is CCSc1cc(C)ccc1O. The molecule has 0 saturated carbocycles. The van der Waals surface area contributed by atoms with Gasteiger partial charge in [-0.25, -0.2) is 0 Å². The van der Waals surface area contributed by atoms with Crippen molar-refractivity contribution in [2.24, 2.45) is 0 Å². The molecule has 0 aliphatic heterocycles. The molecule has 0 bridgehead atoms. The zero-order valence-electron chi connectivity index (χ0n) is 6.79. The van der Waals surface area contributed by atoms with Gasteiger partial charge in [-0.05, 0) is 30.4 Å². The van der Waals surface area contributed by atoms with Crippen LogP contribution in [-0.4, -0.2) is 10.9 Å². The van der Waals surface area contributed by atoms with Crippen molar-refractivity contribution in [2.75, 3.05) is 5.75 Å². The maximum absolute atomic E-state index is 9.35. The molecular weight excluding hydrogens is 156 g/mol. The minimum Gasteiger partial charge on any atom is -0.507 e. The second-order valence-electron chi connectivity index (χ2n) is 2.40. The highest BCUT2D eigenvalue weighted by molar-refractivity contribution is 7.99. The maximum Gasteiger partial charge on any atom is 0.129 e. The number of aryl methyl sites for hydroxylation is 1. The van der Waals surface area contributed by atoms with Gasteiger partial charge >= 0.3 is 0 Å². The lowest BCUT2D eigenvalue weighted by atomic mass is 10.2. The summed E-state index contributed by atoms with van der Waals surface area (Å²) in [5.74, 6) is 1.39. The molecule has 60 valence electrons. The molecule has 0 aliphatic rings. The van der Waals surface area contributed by atoms with Gasteiger partial charge in [0, 0.05) is 4.90 Å². The van der Waals surface area contributed by atoms with Crippen molar-refractivity contribution >= 4 is 11.8 Å². The standard InChI is InChI=1S/C9H12OS/c1-3-11-9-6-7(2)4-5-8(9)10/h4-6,10H,3H2,1-2H3. The molecule has 1 aromatic carbocycles. The van der Waals surface area contributed by atoms with E-state index in [0.29, 0.717) is 5.75 Å². The highest BCUT2D eigenvalue weighted by Crippen LogP contribution is 2.28. The van der Waals surface area contributed by atoms with Crippen LogP contribution in [0.4, 0.5) is 0 Å². The van der Waals surface area contributed by atoms with E-state index in [1.807, 2.05) is 19.1 Å². The first-order valence-electron chi connectivity index (χ1n) is 3.66. The van der Waals surface area contributed by atoms with E-state index in [2.05, 4.69) is 6.92 Å². The summed E-state index contributed by atoms with van der Waals surface area (Å²) < 4.78 is 0. The lowest BCUT2D eigenvalue weighted by Gasteiger charge is -2.02. The highest BCUT2D eigenvalue weighted by Gasteiger charge is 1.98. The van der Waals surface area contributed by atoms with Crippen LogP contribution in [0.15, 0.2) is 23.1 Å². The molecule has 1 rings (SSSR count). The van der Waals surface area contributed by atoms with Gasteiger partial charge in [-0.3, -0.25) is 0 Å². The second kappa shape index (κ2) is 3.67. The Bertz CT molecular complexity index is 245. The van der Waals surface area contributed by atoms with Gasteiger partial charge in [-0.15, -0.1) is 11.8 Å². The molecule has 0 heterocycles. The van der Waals surface area contributed by atoms with Crippen LogP contribution >= 0.6 is 11.8 Å². The third-order valence-corrected chi connectivity index (χ3v) is 2.34. The Morgan fingerprint density at radius 2 is 2.18 bits per heavy atom. The molecule has 11 heavy (non-hydrogen) atoms. The topological polar surface area (TPSA) is 20.2 Å². The third-order valence-electron chi connectivity index (χ3n) is 1.42. The number of aromatic hydroxyl groups is 1. The summed E-state index contributed by atoms with van der Waals surface area (Å²) in [5, 5.41) is 9.35. The van der Waals surface area contributed by atoms with E-state index >= 15 is 0 Å². The lowest BCUT2D eigenvalue weighted by Crippen LogP contribution is -1.77. The van der Waals surface area contributed by atoms with Crippen molar-refractivity contribution in [3.05, 3.63) is 23.8 Å². The average molecular weight is 168 g/mol. The van der Waals surface area contributed by atoms with Crippen LogP contribution in [0.25, 0.3) is 0 Å². The Hall–Kier alpha value is -0.630. The Kier molecular flexibility index (Phi) is 2.83. The maximum atomic E-state index is 9.35. The van der Waals surface area contributed by atoms with E-state index in [1.54, 1.807) is 17.8 Å². The molecule has 0 radical (unpaired) electrons. The van der Waals surface area contributed by atoms with Crippen LogP contribution in [0.5, 0.6) is 5.75 Å². The molecule has 0 aromatic heterocycles. The summed E-state index contributed by atoms with van der Waals surface area (Å²) in [6, 6.07) is 5.66. The molecule has 0 spiro atoms. The molecule has 2 heteroatoms. The van der Waals surface area contributed by atoms with Crippen molar-refractivity contribution in [1.82, 2.24) is 0 Å². The van der Waals surface area contributed by atoms with E-state index in [1.165, 1.54) is 5.56 Å². The van der Waals surface area contributed by atoms with Gasteiger partial charge < -0.3 is 5.11 Å². The Morgan fingerprint density at radius 1 is 1.45 bits per heavy atom. The van der Waals surface area contributed by atoms with Crippen molar-refractivity contribution in [3.8, 4) is 5.75 Å². The quantitative estimate of drug-likeness (QED) is 0.685. The Morgan fingerprint density at radius 3 is 2.82 bits per heavy atom. The highest BCUT2D eigenvalue weighted by atomic mass is 32.2. The van der Waals surface area contributed by atoms with Crippen molar-refractivity contribution in [3.63, 3.8) is 0 Å². The van der Waals surface area contributed by atoms with Crippen LogP contribution in [-0.2, 0) is 0 Å². The van der Waals surface area contributed by atoms with Gasteiger partial charge in [-0.1, -0.05) is 13.0 Å². The summed E-state index contributed by atoms with van der Waals surface area (Å²) in [6.45, 7) is 4.10. The molecule has 0 atom stereocenters. The Labute approximate surface area is 71.4 Å². The van der Waals surface area contributed by atoms with Crippen LogP contribution in [0.1, 0.15) is 12.5 Å². The number of thioether (sulfide) groups is 1. The minimum atomic E-state index is 0.391. The number of benzene rings is 1. The van der Waals surface area contributed by atoms with Crippen molar-refractivity contribution in [1.29, 1.82) is 0 Å². The number of phenols is 1. The number of phenolic OH excluding ortho intramolecular Hbond substituents is 1. The van der Waals surface area contributed by atoms with Crippen molar-refractivity contribution < 1.29 is 5.11 Å². The molecule has 1 aromatic rings. The van der Waals surface area contributed by atoms with Crippen LogP contribution < -0.4 is 0 Å². The molecule has 1 N–H and O–H groups in total. The fourth-order valence-electron chi connectivity index (χ4n) is 0.892. The predicted molar refractivity (Wildman–Crippen MR) is 49.2 cm³/mol. The summed E-state index contributed by atoms with van der Waals surface area (Å²) in [7, 11) is 0. The minimum absolute atomic E-state index is 0.391. The van der Waals surface area contributed by atoms with Crippen molar-refractivity contribution in [2.45, 2.75) is 18.7 Å². The summed E-state index contributed by atoms with van der Waals surface area (Å²) in [5.41, 5.74) is 1.19. The normalized spacial score (nSPS) is 10.0. The van der Waals surface area contributed by atoms with Gasteiger partial charge in [0.25, 0.3) is 0 Å². The van der Waals surface area contributed by atoms with E-state index in [4.69, 9.17) is 0 Å². The largest absolute Gasteiger partial charge is 0.507 e. The predicted octanol–water partition coefficient (Wildman–Crippen LogP) is 2.81. The van der Waals surface area contributed by atoms with Gasteiger partial charge in [0.05, 0.1) is 0 Å². The molecule has 0 aliphatic carbocycles. The van der Waals surface area contributed by atoms with E-state index in [9.17, 15) is 5.11 Å². The first-order chi connectivity index (χ1) is 5.24. The fourth-order valence-corrected chi connectivity index (χ4v) is 1.69. The van der Waals surface area contributed by atoms with Crippen LogP contribution in [0.3, 0.4) is 0 Å². The smallest absolute Gasteiger partial charge is 0.129 e. The monoisotopic (exact) mass is 168 g/mol. The zero-order valence-corrected chi connectivity index (χ0v) is 7.61. The van der Waals surface area contributed by atoms with Gasteiger partial charge in [0.2, 0.25) is 0 Å². The lowest BCUT2D eigenvalue weighted by molar-refractivity contribution is 0.462. The summed E-state index contributed by atoms with van der Waals surface area (Å²) in [6.07, 6.45) is 0. The summed E-state index contributed by atoms with van der Waals surface area (Å²) in [4.78, 5) is 0.979. The first-order valence-corrected chi connectivity index (χ1v) is 4.65. The molecule has 1 nitrogen and oxygen atoms in total. The van der Waals surface area contributed by atoms with Crippen LogP contribution in [0.2, 0.25) is 0 Å². The number of rotatable bonds is 2. The molecule has 0 unspecified atom stereocenters. The summed E-state index contributed by atoms with van der Waals surface area (Å²) >= 11 is 1.67. The molecule has 0 saturated heterocycles. The molecular formula is C9H12OS. The second-order valence-corrected chi connectivity index (χ2v) is 3.71.